The first-order chi connectivity index (χ1) is 14.6. The standard InChI is InChI=1S/C23H22N2O5/c1-28-20-12-17(14-24-25-23(27)18-8-10-19(26)11-9-18)13-21(29-2)22(20)30-15-16-6-4-3-5-7-16/h3-14,26H,15H2,1-2H3,(H,25,27)/b24-14-. The fourth-order valence-electron chi connectivity index (χ4n) is 2.69. The van der Waals surface area contributed by atoms with E-state index in [0.29, 0.717) is 35.0 Å². The van der Waals surface area contributed by atoms with E-state index in [1.54, 1.807) is 12.1 Å². The van der Waals surface area contributed by atoms with Gasteiger partial charge in [-0.25, -0.2) is 5.43 Å². The van der Waals surface area contributed by atoms with E-state index in [0.717, 1.165) is 5.56 Å². The number of ether oxygens (including phenoxy) is 3. The van der Waals surface area contributed by atoms with E-state index >= 15 is 0 Å². The van der Waals surface area contributed by atoms with Gasteiger partial charge in [0, 0.05) is 11.1 Å². The molecule has 0 aliphatic heterocycles. The molecule has 0 radical (unpaired) electrons. The Kier molecular flexibility index (Phi) is 6.89. The summed E-state index contributed by atoms with van der Waals surface area (Å²) >= 11 is 0. The van der Waals surface area contributed by atoms with Crippen molar-refractivity contribution in [2.24, 2.45) is 5.10 Å². The minimum atomic E-state index is -0.395. The van der Waals surface area contributed by atoms with E-state index in [9.17, 15) is 9.90 Å². The predicted octanol–water partition coefficient (Wildman–Crippen LogP) is 3.75. The topological polar surface area (TPSA) is 89.4 Å². The number of nitrogens with zero attached hydrogens (tertiary/aromatic N) is 1. The van der Waals surface area contributed by atoms with E-state index in [1.807, 2.05) is 30.3 Å². The zero-order valence-corrected chi connectivity index (χ0v) is 16.7. The van der Waals surface area contributed by atoms with Gasteiger partial charge in [0.1, 0.15) is 12.4 Å². The fraction of sp³-hybridized carbons (Fsp3) is 0.130. The zero-order valence-electron chi connectivity index (χ0n) is 16.7. The first kappa shape index (κ1) is 20.7. The Hall–Kier alpha value is -4.00. The Bertz CT molecular complexity index is 993. The number of methoxy groups -OCH3 is 2. The molecule has 0 heterocycles. The third-order valence-corrected chi connectivity index (χ3v) is 4.22. The molecule has 1 amide bonds. The molecule has 0 spiro atoms. The second kappa shape index (κ2) is 9.97. The average molecular weight is 406 g/mol. The van der Waals surface area contributed by atoms with Gasteiger partial charge in [-0.1, -0.05) is 30.3 Å². The zero-order chi connectivity index (χ0) is 21.3. The van der Waals surface area contributed by atoms with E-state index < -0.39 is 5.91 Å². The number of hydrazone groups is 1. The highest BCUT2D eigenvalue weighted by Crippen LogP contribution is 2.38. The Morgan fingerprint density at radius 1 is 1.00 bits per heavy atom. The lowest BCUT2D eigenvalue weighted by Crippen LogP contribution is -2.17. The Labute approximate surface area is 174 Å². The maximum absolute atomic E-state index is 12.1. The first-order valence-electron chi connectivity index (χ1n) is 9.16. The van der Waals surface area contributed by atoms with Crippen molar-refractivity contribution in [3.05, 3.63) is 83.4 Å². The Balaban J connectivity index is 1.73. The highest BCUT2D eigenvalue weighted by Gasteiger charge is 2.14. The van der Waals surface area contributed by atoms with E-state index in [2.05, 4.69) is 10.5 Å². The minimum absolute atomic E-state index is 0.0869. The van der Waals surface area contributed by atoms with Gasteiger partial charge in [0.25, 0.3) is 5.91 Å². The predicted molar refractivity (Wildman–Crippen MR) is 113 cm³/mol. The van der Waals surface area contributed by atoms with Gasteiger partial charge in [-0.2, -0.15) is 5.10 Å². The van der Waals surface area contributed by atoms with Crippen LogP contribution in [-0.4, -0.2) is 31.4 Å². The molecule has 7 nitrogen and oxygen atoms in total. The van der Waals surface area contributed by atoms with Crippen LogP contribution in [0.3, 0.4) is 0 Å². The number of aromatic hydroxyl groups is 1. The first-order valence-corrected chi connectivity index (χ1v) is 9.16. The molecule has 2 N–H and O–H groups in total. The van der Waals surface area contributed by atoms with Crippen LogP contribution in [0, 0.1) is 0 Å². The second-order valence-electron chi connectivity index (χ2n) is 6.27. The lowest BCUT2D eigenvalue weighted by atomic mass is 10.2. The third-order valence-electron chi connectivity index (χ3n) is 4.22. The molecule has 7 heteroatoms. The smallest absolute Gasteiger partial charge is 0.271 e. The van der Waals surface area contributed by atoms with Gasteiger partial charge in [-0.3, -0.25) is 4.79 Å². The SMILES string of the molecule is COc1cc(/C=N\NC(=O)c2ccc(O)cc2)cc(OC)c1OCc1ccccc1. The van der Waals surface area contributed by atoms with Gasteiger partial charge in [-0.15, -0.1) is 0 Å². The second-order valence-corrected chi connectivity index (χ2v) is 6.27. The van der Waals surface area contributed by atoms with Crippen LogP contribution in [0.5, 0.6) is 23.0 Å². The van der Waals surface area contributed by atoms with Gasteiger partial charge in [0.2, 0.25) is 5.75 Å². The van der Waals surface area contributed by atoms with E-state index in [-0.39, 0.29) is 5.75 Å². The Morgan fingerprint density at radius 2 is 1.63 bits per heavy atom. The summed E-state index contributed by atoms with van der Waals surface area (Å²) in [7, 11) is 3.08. The summed E-state index contributed by atoms with van der Waals surface area (Å²) in [6.45, 7) is 0.365. The van der Waals surface area contributed by atoms with Gasteiger partial charge < -0.3 is 19.3 Å². The van der Waals surface area contributed by atoms with Crippen LogP contribution >= 0.6 is 0 Å². The number of benzene rings is 3. The third kappa shape index (κ3) is 5.29. The summed E-state index contributed by atoms with van der Waals surface area (Å²) in [5.74, 6) is 1.14. The van der Waals surface area contributed by atoms with Crippen LogP contribution in [0.1, 0.15) is 21.5 Å². The number of rotatable bonds is 8. The number of carbonyl (C=O) groups excluding carboxylic acids is 1. The van der Waals surface area contributed by atoms with Gasteiger partial charge in [0.05, 0.1) is 20.4 Å². The highest BCUT2D eigenvalue weighted by atomic mass is 16.5. The van der Waals surface area contributed by atoms with Crippen LogP contribution in [0.2, 0.25) is 0 Å². The molecule has 0 aliphatic rings. The molecule has 0 atom stereocenters. The molecule has 3 aromatic rings. The van der Waals surface area contributed by atoms with E-state index in [4.69, 9.17) is 14.2 Å². The van der Waals surface area contributed by atoms with Crippen molar-refractivity contribution >= 4 is 12.1 Å². The average Bonchev–Trinajstić information content (AvgIpc) is 2.78. The minimum Gasteiger partial charge on any atom is -0.508 e. The van der Waals surface area contributed by atoms with Crippen LogP contribution < -0.4 is 19.6 Å². The number of hydrogen-bond donors (Lipinski definition) is 2. The molecule has 0 fully saturated rings. The van der Waals surface area contributed by atoms with Crippen molar-refractivity contribution in [2.75, 3.05) is 14.2 Å². The molecular weight excluding hydrogens is 384 g/mol. The summed E-state index contributed by atoms with van der Waals surface area (Å²) < 4.78 is 16.8. The van der Waals surface area contributed by atoms with Crippen LogP contribution in [0.25, 0.3) is 0 Å². The van der Waals surface area contributed by atoms with Crippen LogP contribution in [-0.2, 0) is 6.61 Å². The summed E-state index contributed by atoms with van der Waals surface area (Å²) in [6, 6.07) is 19.1. The molecular formula is C23H22N2O5. The summed E-state index contributed by atoms with van der Waals surface area (Å²) in [4.78, 5) is 12.1. The van der Waals surface area contributed by atoms with Gasteiger partial charge in [0.15, 0.2) is 11.5 Å². The molecule has 30 heavy (non-hydrogen) atoms. The number of carbonyl (C=O) groups is 1. The van der Waals surface area contributed by atoms with Gasteiger partial charge in [-0.05, 0) is 42.0 Å². The lowest BCUT2D eigenvalue weighted by molar-refractivity contribution is 0.0955. The summed E-state index contributed by atoms with van der Waals surface area (Å²) in [5, 5.41) is 13.3. The molecule has 154 valence electrons. The highest BCUT2D eigenvalue weighted by molar-refractivity contribution is 5.95. The van der Waals surface area contributed by atoms with E-state index in [1.165, 1.54) is 44.7 Å². The molecule has 0 aromatic heterocycles. The van der Waals surface area contributed by atoms with Crippen molar-refractivity contribution in [3.8, 4) is 23.0 Å². The molecule has 0 bridgehead atoms. The monoisotopic (exact) mass is 406 g/mol. The molecule has 3 rings (SSSR count). The number of phenolic OH excluding ortho intramolecular Hbond substituents is 1. The maximum atomic E-state index is 12.1. The normalized spacial score (nSPS) is 10.6. The van der Waals surface area contributed by atoms with Crippen LogP contribution in [0.4, 0.5) is 0 Å². The summed E-state index contributed by atoms with van der Waals surface area (Å²) in [5.41, 5.74) is 4.49. The van der Waals surface area contributed by atoms with Crippen molar-refractivity contribution in [1.82, 2.24) is 5.43 Å². The maximum Gasteiger partial charge on any atom is 0.271 e. The molecule has 0 saturated heterocycles. The molecule has 0 saturated carbocycles. The quantitative estimate of drug-likeness (QED) is 0.439. The fourth-order valence-corrected chi connectivity index (χ4v) is 2.69. The van der Waals surface area contributed by atoms with Crippen molar-refractivity contribution in [3.63, 3.8) is 0 Å². The van der Waals surface area contributed by atoms with Crippen molar-refractivity contribution < 1.29 is 24.1 Å². The molecule has 0 aliphatic carbocycles. The number of hydrogen-bond acceptors (Lipinski definition) is 6. The number of nitrogens with one attached hydrogen (secondary N) is 1. The van der Waals surface area contributed by atoms with Crippen molar-refractivity contribution in [2.45, 2.75) is 6.61 Å². The molecule has 3 aromatic carbocycles. The number of amides is 1. The van der Waals surface area contributed by atoms with Crippen LogP contribution in [0.15, 0.2) is 71.8 Å². The molecule has 0 unspecified atom stereocenters. The largest absolute Gasteiger partial charge is 0.508 e. The lowest BCUT2D eigenvalue weighted by Gasteiger charge is -2.15. The van der Waals surface area contributed by atoms with Crippen molar-refractivity contribution in [1.29, 1.82) is 0 Å². The van der Waals surface area contributed by atoms with Gasteiger partial charge >= 0.3 is 0 Å². The number of phenols is 1. The summed E-state index contributed by atoms with van der Waals surface area (Å²) in [6.07, 6.45) is 1.48. The Morgan fingerprint density at radius 3 is 2.23 bits per heavy atom.